The van der Waals surface area contributed by atoms with Crippen molar-refractivity contribution in [2.24, 2.45) is 0 Å². The third-order valence-electron chi connectivity index (χ3n) is 3.93. The smallest absolute Gasteiger partial charge is 0.251 e. The van der Waals surface area contributed by atoms with Crippen LogP contribution in [0.15, 0.2) is 35.7 Å². The Morgan fingerprint density at radius 2 is 1.93 bits per heavy atom. The quantitative estimate of drug-likeness (QED) is 0.614. The molecule has 1 aliphatic heterocycles. The summed E-state index contributed by atoms with van der Waals surface area (Å²) in [5, 5.41) is 5.02. The molecule has 2 heterocycles. The lowest BCUT2D eigenvalue weighted by Crippen LogP contribution is -2.22. The van der Waals surface area contributed by atoms with Crippen molar-refractivity contribution in [3.05, 3.63) is 57.3 Å². The number of hydrogen-bond acceptors (Lipinski definition) is 4. The number of carbonyl (C=O) groups is 1. The summed E-state index contributed by atoms with van der Waals surface area (Å²) in [7, 11) is -1.37. The van der Waals surface area contributed by atoms with E-state index < -0.39 is 8.07 Å². The highest BCUT2D eigenvalue weighted by Crippen LogP contribution is 2.23. The predicted octanol–water partition coefficient (Wildman–Crippen LogP) is 4.34. The first kappa shape index (κ1) is 19.8. The Morgan fingerprint density at radius 3 is 2.59 bits per heavy atom. The van der Waals surface area contributed by atoms with Crippen LogP contribution < -0.4 is 5.32 Å². The van der Waals surface area contributed by atoms with E-state index in [0.29, 0.717) is 25.3 Å². The topological polar surface area (TPSA) is 47.6 Å². The summed E-state index contributed by atoms with van der Waals surface area (Å²) in [5.41, 5.74) is 5.96. The van der Waals surface area contributed by atoms with Gasteiger partial charge in [-0.25, -0.2) is 0 Å². The third kappa shape index (κ3) is 6.05. The highest BCUT2D eigenvalue weighted by molar-refractivity contribution is 7.10. The van der Waals surface area contributed by atoms with Crippen LogP contribution in [0.5, 0.6) is 0 Å². The van der Waals surface area contributed by atoms with Gasteiger partial charge in [-0.15, -0.1) is 16.9 Å². The fraction of sp³-hybridized carbons (Fsp3) is 0.381. The lowest BCUT2D eigenvalue weighted by molar-refractivity contribution is -0.183. The molecule has 1 aliphatic rings. The molecule has 0 unspecified atom stereocenters. The molecular weight excluding hydrogens is 374 g/mol. The monoisotopic (exact) mass is 399 g/mol. The SMILES string of the molecule is C[Si](C)(C)C#Cc1csc(CNC(=O)c2ccc(C3OCCCO3)cc2)c1. The summed E-state index contributed by atoms with van der Waals surface area (Å²) < 4.78 is 11.2. The normalized spacial score (nSPS) is 15.1. The maximum absolute atomic E-state index is 12.4. The molecule has 1 amide bonds. The summed E-state index contributed by atoms with van der Waals surface area (Å²) >= 11 is 1.62. The molecule has 1 aromatic carbocycles. The van der Waals surface area contributed by atoms with Gasteiger partial charge in [0.25, 0.3) is 5.91 Å². The molecule has 6 heteroatoms. The van der Waals surface area contributed by atoms with Crippen LogP contribution in [0.4, 0.5) is 0 Å². The zero-order valence-corrected chi connectivity index (χ0v) is 17.8. The van der Waals surface area contributed by atoms with E-state index in [1.165, 1.54) is 0 Å². The predicted molar refractivity (Wildman–Crippen MR) is 111 cm³/mol. The highest BCUT2D eigenvalue weighted by Gasteiger charge is 2.17. The van der Waals surface area contributed by atoms with Gasteiger partial charge in [-0.05, 0) is 24.6 Å². The van der Waals surface area contributed by atoms with Gasteiger partial charge in [0.05, 0.1) is 19.8 Å². The number of benzene rings is 1. The molecule has 0 saturated carbocycles. The van der Waals surface area contributed by atoms with Crippen molar-refractivity contribution in [3.63, 3.8) is 0 Å². The fourth-order valence-corrected chi connectivity index (χ4v) is 3.82. The van der Waals surface area contributed by atoms with Crippen LogP contribution in [0, 0.1) is 11.5 Å². The second-order valence-electron chi connectivity index (χ2n) is 7.53. The number of nitrogens with one attached hydrogen (secondary N) is 1. The van der Waals surface area contributed by atoms with Crippen molar-refractivity contribution in [3.8, 4) is 11.5 Å². The van der Waals surface area contributed by atoms with Gasteiger partial charge < -0.3 is 14.8 Å². The van der Waals surface area contributed by atoms with Gasteiger partial charge in [0.1, 0.15) is 8.07 Å². The van der Waals surface area contributed by atoms with Gasteiger partial charge >= 0.3 is 0 Å². The summed E-state index contributed by atoms with van der Waals surface area (Å²) in [5.74, 6) is 3.16. The Kier molecular flexibility index (Phi) is 6.50. The van der Waals surface area contributed by atoms with E-state index in [2.05, 4.69) is 42.5 Å². The maximum atomic E-state index is 12.4. The van der Waals surface area contributed by atoms with Gasteiger partial charge in [-0.2, -0.15) is 0 Å². The highest BCUT2D eigenvalue weighted by atomic mass is 32.1. The lowest BCUT2D eigenvalue weighted by atomic mass is 10.1. The van der Waals surface area contributed by atoms with Gasteiger partial charge in [-0.1, -0.05) is 37.7 Å². The number of carbonyl (C=O) groups excluding carboxylic acids is 1. The molecular formula is C21H25NO3SSi. The average Bonchev–Trinajstić information content (AvgIpc) is 3.13. The second-order valence-corrected chi connectivity index (χ2v) is 13.3. The molecule has 142 valence electrons. The largest absolute Gasteiger partial charge is 0.348 e. The maximum Gasteiger partial charge on any atom is 0.251 e. The van der Waals surface area contributed by atoms with Gasteiger partial charge in [0, 0.05) is 26.9 Å². The zero-order chi connectivity index (χ0) is 19.3. The summed E-state index contributed by atoms with van der Waals surface area (Å²) in [6, 6.07) is 9.45. The van der Waals surface area contributed by atoms with Crippen molar-refractivity contribution >= 4 is 25.3 Å². The number of amides is 1. The second kappa shape index (κ2) is 8.85. The van der Waals surface area contributed by atoms with E-state index in [9.17, 15) is 4.79 Å². The van der Waals surface area contributed by atoms with Crippen LogP contribution >= 0.6 is 11.3 Å². The van der Waals surface area contributed by atoms with E-state index >= 15 is 0 Å². The number of thiophene rings is 1. The number of hydrogen-bond donors (Lipinski definition) is 1. The van der Waals surface area contributed by atoms with Gasteiger partial charge in [0.15, 0.2) is 6.29 Å². The Morgan fingerprint density at radius 1 is 1.22 bits per heavy atom. The van der Waals surface area contributed by atoms with Crippen LogP contribution in [0.2, 0.25) is 19.6 Å². The van der Waals surface area contributed by atoms with E-state index in [1.807, 2.05) is 29.6 Å². The Balaban J connectivity index is 1.54. The molecule has 4 nitrogen and oxygen atoms in total. The number of ether oxygens (including phenoxy) is 2. The minimum atomic E-state index is -1.37. The van der Waals surface area contributed by atoms with Crippen molar-refractivity contribution in [1.82, 2.24) is 5.32 Å². The molecule has 3 rings (SSSR count). The van der Waals surface area contributed by atoms with E-state index in [0.717, 1.165) is 22.4 Å². The number of rotatable bonds is 4. The Labute approximate surface area is 165 Å². The minimum Gasteiger partial charge on any atom is -0.348 e. The van der Waals surface area contributed by atoms with E-state index in [-0.39, 0.29) is 12.2 Å². The first-order valence-corrected chi connectivity index (χ1v) is 13.5. The van der Waals surface area contributed by atoms with Crippen molar-refractivity contribution in [1.29, 1.82) is 0 Å². The standard InChI is InChI=1S/C21H25NO3SSi/c1-27(2,3)12-9-16-13-19(26-15-16)14-22-20(23)17-5-7-18(8-6-17)21-24-10-4-11-25-21/h5-8,13,15,21H,4,10-11,14H2,1-3H3,(H,22,23). The minimum absolute atomic E-state index is 0.0878. The summed E-state index contributed by atoms with van der Waals surface area (Å²) in [4.78, 5) is 13.5. The lowest BCUT2D eigenvalue weighted by Gasteiger charge is -2.23. The van der Waals surface area contributed by atoms with Crippen molar-refractivity contribution < 1.29 is 14.3 Å². The molecule has 0 radical (unpaired) electrons. The molecule has 1 saturated heterocycles. The molecule has 1 aromatic heterocycles. The fourth-order valence-electron chi connectivity index (χ4n) is 2.54. The van der Waals surface area contributed by atoms with E-state index in [4.69, 9.17) is 9.47 Å². The third-order valence-corrected chi connectivity index (χ3v) is 5.74. The molecule has 2 aromatic rings. The average molecular weight is 400 g/mol. The molecule has 1 N–H and O–H groups in total. The summed E-state index contributed by atoms with van der Waals surface area (Å²) in [6.07, 6.45) is 0.600. The van der Waals surface area contributed by atoms with Crippen LogP contribution in [0.25, 0.3) is 0 Å². The van der Waals surface area contributed by atoms with Gasteiger partial charge in [-0.3, -0.25) is 4.79 Å². The Bertz CT molecular complexity index is 837. The Hall–Kier alpha value is -1.91. The first-order chi connectivity index (χ1) is 12.9. The first-order valence-electron chi connectivity index (χ1n) is 9.13. The molecule has 0 spiro atoms. The van der Waals surface area contributed by atoms with E-state index in [1.54, 1.807) is 11.3 Å². The molecule has 0 aliphatic carbocycles. The molecule has 0 atom stereocenters. The van der Waals surface area contributed by atoms with Crippen molar-refractivity contribution in [2.45, 2.75) is 38.9 Å². The van der Waals surface area contributed by atoms with Crippen LogP contribution in [-0.4, -0.2) is 27.2 Å². The zero-order valence-electron chi connectivity index (χ0n) is 16.0. The molecule has 0 bridgehead atoms. The summed E-state index contributed by atoms with van der Waals surface area (Å²) in [6.45, 7) is 8.60. The van der Waals surface area contributed by atoms with Crippen LogP contribution in [0.3, 0.4) is 0 Å². The van der Waals surface area contributed by atoms with Crippen LogP contribution in [0.1, 0.15) is 39.1 Å². The van der Waals surface area contributed by atoms with Gasteiger partial charge in [0.2, 0.25) is 0 Å². The molecule has 1 fully saturated rings. The van der Waals surface area contributed by atoms with Crippen LogP contribution in [-0.2, 0) is 16.0 Å². The molecule has 27 heavy (non-hydrogen) atoms. The van der Waals surface area contributed by atoms with Crippen molar-refractivity contribution in [2.75, 3.05) is 13.2 Å².